The molecule has 4 bridgehead atoms. The zero-order valence-corrected chi connectivity index (χ0v) is 31.3. The van der Waals surface area contributed by atoms with Crippen molar-refractivity contribution in [3.05, 3.63) is 125 Å². The highest BCUT2D eigenvalue weighted by Crippen LogP contribution is 2.33. The van der Waals surface area contributed by atoms with E-state index >= 15 is 0 Å². The van der Waals surface area contributed by atoms with E-state index in [2.05, 4.69) is 21.3 Å². The van der Waals surface area contributed by atoms with Crippen molar-refractivity contribution in [3.8, 4) is 17.2 Å². The van der Waals surface area contributed by atoms with Gasteiger partial charge in [0.25, 0.3) is 5.91 Å². The molecular formula is C44H50N4O7. The first-order valence-electron chi connectivity index (χ1n) is 19.2. The van der Waals surface area contributed by atoms with Crippen LogP contribution in [-0.4, -0.2) is 55.5 Å². The maximum absolute atomic E-state index is 14.0. The van der Waals surface area contributed by atoms with E-state index in [9.17, 15) is 19.2 Å². The number of benzene rings is 4. The van der Waals surface area contributed by atoms with Crippen molar-refractivity contribution in [2.75, 3.05) is 19.8 Å². The average Bonchev–Trinajstić information content (AvgIpc) is 3.20. The van der Waals surface area contributed by atoms with E-state index in [1.807, 2.05) is 97.9 Å². The van der Waals surface area contributed by atoms with Crippen molar-refractivity contribution in [2.45, 2.75) is 76.6 Å². The summed E-state index contributed by atoms with van der Waals surface area (Å²) < 4.78 is 18.0. The molecule has 4 aromatic rings. The maximum atomic E-state index is 14.0. The van der Waals surface area contributed by atoms with Gasteiger partial charge in [-0.05, 0) is 79.8 Å². The molecule has 11 heteroatoms. The first-order chi connectivity index (χ1) is 26.8. The average molecular weight is 747 g/mol. The largest absolute Gasteiger partial charge is 0.490 e. The Balaban J connectivity index is 1.22. The zero-order chi connectivity index (χ0) is 38.4. The van der Waals surface area contributed by atoms with E-state index in [1.165, 1.54) is 0 Å². The summed E-state index contributed by atoms with van der Waals surface area (Å²) in [6.45, 7) is 2.69. The lowest BCUT2D eigenvalue weighted by Gasteiger charge is -2.29. The first kappa shape index (κ1) is 38.9. The summed E-state index contributed by atoms with van der Waals surface area (Å²) >= 11 is 0. The molecule has 4 aliphatic heterocycles. The fourth-order valence-electron chi connectivity index (χ4n) is 7.13. The highest BCUT2D eigenvalue weighted by molar-refractivity contribution is 5.93. The van der Waals surface area contributed by atoms with Gasteiger partial charge in [-0.25, -0.2) is 0 Å². The lowest BCUT2D eigenvalue weighted by Crippen LogP contribution is -2.52. The van der Waals surface area contributed by atoms with Crippen molar-refractivity contribution in [3.63, 3.8) is 0 Å². The predicted molar refractivity (Wildman–Crippen MR) is 209 cm³/mol. The SMILES string of the molecule is CCOc1cccc2c1OCC(=O)NC1CCC(CC1)CC(=O)N[C@@H](c1ccccc1)C(=O)N[C@H](Cc1ccccc1)C(=O)NCCc1ccc(cc1)OC2. The molecular weight excluding hydrogens is 697 g/mol. The van der Waals surface area contributed by atoms with E-state index in [0.717, 1.165) is 42.4 Å². The van der Waals surface area contributed by atoms with Gasteiger partial charge >= 0.3 is 0 Å². The van der Waals surface area contributed by atoms with Crippen LogP contribution in [0.2, 0.25) is 0 Å². The summed E-state index contributed by atoms with van der Waals surface area (Å²) in [4.78, 5) is 54.3. The normalized spacial score (nSPS) is 21.7. The van der Waals surface area contributed by atoms with Crippen LogP contribution < -0.4 is 35.5 Å². The van der Waals surface area contributed by atoms with Gasteiger partial charge in [-0.15, -0.1) is 0 Å². The van der Waals surface area contributed by atoms with Crippen molar-refractivity contribution >= 4 is 23.6 Å². The number of nitrogens with one attached hydrogen (secondary N) is 4. The number of hydrogen-bond donors (Lipinski definition) is 4. The molecule has 1 aliphatic carbocycles. The Morgan fingerprint density at radius 3 is 2.15 bits per heavy atom. The Hall–Kier alpha value is -5.84. The van der Waals surface area contributed by atoms with Gasteiger partial charge in [-0.1, -0.05) is 84.9 Å². The van der Waals surface area contributed by atoms with Crippen LogP contribution >= 0.6 is 0 Å². The predicted octanol–water partition coefficient (Wildman–Crippen LogP) is 5.37. The lowest BCUT2D eigenvalue weighted by molar-refractivity contribution is -0.132. The van der Waals surface area contributed by atoms with Gasteiger partial charge in [0.1, 0.15) is 24.4 Å². The van der Waals surface area contributed by atoms with Crippen molar-refractivity contribution in [2.24, 2.45) is 5.92 Å². The Labute approximate surface area is 322 Å². The van der Waals surface area contributed by atoms with Gasteiger partial charge in [-0.3, -0.25) is 19.2 Å². The molecule has 0 unspecified atom stereocenters. The Morgan fingerprint density at radius 1 is 0.691 bits per heavy atom. The van der Waals surface area contributed by atoms with Crippen molar-refractivity contribution in [1.29, 1.82) is 0 Å². The van der Waals surface area contributed by atoms with Crippen LogP contribution in [0.5, 0.6) is 17.2 Å². The number of hydrogen-bond acceptors (Lipinski definition) is 7. The van der Waals surface area contributed by atoms with Crippen LogP contribution in [0.25, 0.3) is 0 Å². The third-order valence-electron chi connectivity index (χ3n) is 10.0. The second kappa shape index (κ2) is 19.5. The second-order valence-corrected chi connectivity index (χ2v) is 14.1. The Morgan fingerprint density at radius 2 is 1.42 bits per heavy atom. The van der Waals surface area contributed by atoms with Gasteiger partial charge in [-0.2, -0.15) is 0 Å². The minimum absolute atomic E-state index is 0.0403. The highest BCUT2D eigenvalue weighted by atomic mass is 16.5. The fourth-order valence-corrected chi connectivity index (χ4v) is 7.13. The maximum Gasteiger partial charge on any atom is 0.258 e. The zero-order valence-electron chi connectivity index (χ0n) is 31.3. The minimum atomic E-state index is -0.993. The van der Waals surface area contributed by atoms with Crippen LogP contribution in [0.1, 0.15) is 67.3 Å². The molecule has 4 heterocycles. The van der Waals surface area contributed by atoms with Crippen LogP contribution in [0.15, 0.2) is 103 Å². The molecule has 9 rings (SSSR count). The number of rotatable bonds is 5. The number of amides is 4. The number of carbonyl (C=O) groups excluding carboxylic acids is 4. The van der Waals surface area contributed by atoms with Gasteiger partial charge in [0.05, 0.1) is 6.61 Å². The third kappa shape index (κ3) is 11.3. The van der Waals surface area contributed by atoms with Gasteiger partial charge in [0.15, 0.2) is 18.1 Å². The third-order valence-corrected chi connectivity index (χ3v) is 10.0. The van der Waals surface area contributed by atoms with E-state index in [1.54, 1.807) is 12.1 Å². The summed E-state index contributed by atoms with van der Waals surface area (Å²) in [6, 6.07) is 29.9. The molecule has 4 amide bonds. The molecule has 1 fully saturated rings. The monoisotopic (exact) mass is 746 g/mol. The molecule has 55 heavy (non-hydrogen) atoms. The molecule has 5 aliphatic rings. The summed E-state index contributed by atoms with van der Waals surface area (Å²) in [5, 5.41) is 12.0. The first-order valence-corrected chi connectivity index (χ1v) is 19.2. The lowest BCUT2D eigenvalue weighted by atomic mass is 9.84. The van der Waals surface area contributed by atoms with Gasteiger partial charge in [0.2, 0.25) is 17.7 Å². The molecule has 4 aromatic carbocycles. The van der Waals surface area contributed by atoms with Crippen LogP contribution in [0.4, 0.5) is 0 Å². The topological polar surface area (TPSA) is 144 Å². The molecule has 4 N–H and O–H groups in total. The molecule has 1 saturated carbocycles. The molecule has 288 valence electrons. The van der Waals surface area contributed by atoms with Gasteiger partial charge in [0, 0.05) is 31.0 Å². The second-order valence-electron chi connectivity index (χ2n) is 14.1. The number of carbonyl (C=O) groups is 4. The van der Waals surface area contributed by atoms with Crippen molar-refractivity contribution < 1.29 is 33.4 Å². The molecule has 2 atom stereocenters. The summed E-state index contributed by atoms with van der Waals surface area (Å²) in [7, 11) is 0. The van der Waals surface area contributed by atoms with Gasteiger partial charge < -0.3 is 35.5 Å². The van der Waals surface area contributed by atoms with E-state index in [4.69, 9.17) is 14.2 Å². The fraction of sp³-hybridized carbons (Fsp3) is 0.364. The van der Waals surface area contributed by atoms with E-state index in [0.29, 0.717) is 42.4 Å². The van der Waals surface area contributed by atoms with Crippen molar-refractivity contribution in [1.82, 2.24) is 21.3 Å². The Kier molecular flexibility index (Phi) is 13.8. The summed E-state index contributed by atoms with van der Waals surface area (Å²) in [6.07, 6.45) is 4.01. The summed E-state index contributed by atoms with van der Waals surface area (Å²) in [5.41, 5.74) is 3.24. The molecule has 0 saturated heterocycles. The van der Waals surface area contributed by atoms with Crippen LogP contribution in [0, 0.1) is 5.92 Å². The van der Waals surface area contributed by atoms with E-state index in [-0.39, 0.29) is 55.7 Å². The molecule has 0 spiro atoms. The minimum Gasteiger partial charge on any atom is -0.490 e. The van der Waals surface area contributed by atoms with E-state index < -0.39 is 18.0 Å². The standard InChI is InChI=1S/C44H50N4O7/c1-2-53-38-15-9-14-34-28-54-36-22-18-30(19-23-36)24-25-45-43(51)37(26-31-10-5-3-6-11-31)47-44(52)41(33-12-7-4-8-13-33)48-39(49)27-32-16-20-35(21-17-32)46-40(50)29-55-42(34)38/h3-15,18-19,22-23,32,35,37,41H,2,16-17,20-21,24-29H2,1H3,(H,45,51)(H,46,50)(H,47,52)(H,48,49)/t32?,35?,37-,41+/m1/s1. The highest BCUT2D eigenvalue weighted by Gasteiger charge is 2.30. The number of ether oxygens (including phenoxy) is 3. The van der Waals surface area contributed by atoms with Crippen LogP contribution in [0.3, 0.4) is 0 Å². The van der Waals surface area contributed by atoms with Crippen LogP contribution in [-0.2, 0) is 38.6 Å². The number of para-hydroxylation sites is 1. The Bertz CT molecular complexity index is 1880. The molecule has 0 radical (unpaired) electrons. The smallest absolute Gasteiger partial charge is 0.258 e. The molecule has 11 nitrogen and oxygen atoms in total. The quantitative estimate of drug-likeness (QED) is 0.215. The summed E-state index contributed by atoms with van der Waals surface area (Å²) in [5.74, 6) is 0.486. The molecule has 0 aromatic heterocycles.